The van der Waals surface area contributed by atoms with Gasteiger partial charge in [-0.05, 0) is 60.5 Å². The number of amides is 1. The summed E-state index contributed by atoms with van der Waals surface area (Å²) in [6, 6.07) is 13.4. The van der Waals surface area contributed by atoms with Crippen LogP contribution in [0.25, 0.3) is 10.9 Å². The average Bonchev–Trinajstić information content (AvgIpc) is 3.16. The number of aryl methyl sites for hydroxylation is 1. The van der Waals surface area contributed by atoms with Crippen molar-refractivity contribution in [3.8, 4) is 0 Å². The van der Waals surface area contributed by atoms with E-state index in [4.69, 9.17) is 0 Å². The van der Waals surface area contributed by atoms with Crippen molar-refractivity contribution < 1.29 is 17.6 Å². The van der Waals surface area contributed by atoms with E-state index in [2.05, 4.69) is 15.3 Å². The van der Waals surface area contributed by atoms with E-state index in [1.54, 1.807) is 43.6 Å². The third-order valence-corrected chi connectivity index (χ3v) is 6.43. The van der Waals surface area contributed by atoms with Crippen LogP contribution >= 0.6 is 0 Å². The molecular weight excluding hydrogens is 405 g/mol. The number of carbonyl (C=O) groups excluding carboxylic acids is 1. The molecular formula is C22H18FN3O3S. The molecule has 8 heteroatoms. The summed E-state index contributed by atoms with van der Waals surface area (Å²) in [6.07, 6.45) is 3.31. The smallest absolute Gasteiger partial charge is 0.267 e. The zero-order chi connectivity index (χ0) is 21.3. The Hall–Kier alpha value is -3.52. The van der Waals surface area contributed by atoms with Crippen LogP contribution in [0.4, 0.5) is 4.39 Å². The Labute approximate surface area is 172 Å². The van der Waals surface area contributed by atoms with Crippen LogP contribution < -0.4 is 5.32 Å². The number of sulfone groups is 1. The number of carbonyl (C=O) groups is 1. The monoisotopic (exact) mass is 423 g/mol. The van der Waals surface area contributed by atoms with Crippen LogP contribution in [0, 0.1) is 12.7 Å². The molecule has 2 N–H and O–H groups in total. The number of pyridine rings is 1. The maximum Gasteiger partial charge on any atom is 0.267 e. The van der Waals surface area contributed by atoms with Crippen molar-refractivity contribution in [3.63, 3.8) is 0 Å². The van der Waals surface area contributed by atoms with E-state index in [0.29, 0.717) is 11.3 Å². The topological polar surface area (TPSA) is 91.9 Å². The van der Waals surface area contributed by atoms with Crippen molar-refractivity contribution in [2.45, 2.75) is 23.3 Å². The second-order valence-corrected chi connectivity index (χ2v) is 8.89. The average molecular weight is 423 g/mol. The molecule has 4 rings (SSSR count). The quantitative estimate of drug-likeness (QED) is 0.511. The van der Waals surface area contributed by atoms with Crippen molar-refractivity contribution in [2.75, 3.05) is 0 Å². The van der Waals surface area contributed by atoms with E-state index in [9.17, 15) is 17.6 Å². The molecule has 0 aliphatic heterocycles. The van der Waals surface area contributed by atoms with Crippen LogP contribution in [0.5, 0.6) is 0 Å². The van der Waals surface area contributed by atoms with Crippen LogP contribution in [0.15, 0.2) is 76.8 Å². The van der Waals surface area contributed by atoms with Crippen molar-refractivity contribution in [1.29, 1.82) is 0 Å². The number of nitrogens with zero attached hydrogens (tertiary/aromatic N) is 1. The third kappa shape index (κ3) is 3.95. The fourth-order valence-electron chi connectivity index (χ4n) is 3.15. The van der Waals surface area contributed by atoms with E-state index in [-0.39, 0.29) is 22.2 Å². The van der Waals surface area contributed by atoms with Gasteiger partial charge in [0.15, 0.2) is 0 Å². The summed E-state index contributed by atoms with van der Waals surface area (Å²) in [5.41, 5.74) is 2.49. The molecule has 2 heterocycles. The molecule has 0 aliphatic carbocycles. The summed E-state index contributed by atoms with van der Waals surface area (Å²) in [7, 11) is -3.83. The first-order chi connectivity index (χ1) is 14.3. The van der Waals surface area contributed by atoms with Gasteiger partial charge in [0.05, 0.1) is 9.79 Å². The van der Waals surface area contributed by atoms with Gasteiger partial charge < -0.3 is 10.3 Å². The van der Waals surface area contributed by atoms with E-state index in [0.717, 1.165) is 22.5 Å². The van der Waals surface area contributed by atoms with Gasteiger partial charge in [-0.3, -0.25) is 9.78 Å². The number of hydrogen-bond donors (Lipinski definition) is 2. The molecule has 6 nitrogen and oxygen atoms in total. The van der Waals surface area contributed by atoms with Crippen molar-refractivity contribution >= 4 is 26.6 Å². The highest BCUT2D eigenvalue weighted by Crippen LogP contribution is 2.23. The van der Waals surface area contributed by atoms with Gasteiger partial charge in [-0.15, -0.1) is 0 Å². The fraction of sp³-hybridized carbons (Fsp3) is 0.0909. The van der Waals surface area contributed by atoms with Gasteiger partial charge in [0.2, 0.25) is 9.84 Å². The lowest BCUT2D eigenvalue weighted by Crippen LogP contribution is -2.23. The van der Waals surface area contributed by atoms with Crippen LogP contribution in [0.2, 0.25) is 0 Å². The lowest BCUT2D eigenvalue weighted by atomic mass is 10.2. The van der Waals surface area contributed by atoms with Gasteiger partial charge in [-0.25, -0.2) is 12.8 Å². The summed E-state index contributed by atoms with van der Waals surface area (Å²) in [5, 5.41) is 3.63. The van der Waals surface area contributed by atoms with Crippen molar-refractivity contribution in [3.05, 3.63) is 89.6 Å². The minimum atomic E-state index is -3.83. The first-order valence-corrected chi connectivity index (χ1v) is 10.6. The van der Waals surface area contributed by atoms with Crippen LogP contribution in [-0.4, -0.2) is 24.3 Å². The highest BCUT2D eigenvalue weighted by atomic mass is 32.2. The zero-order valence-electron chi connectivity index (χ0n) is 16.0. The van der Waals surface area contributed by atoms with E-state index in [1.807, 2.05) is 0 Å². The SMILES string of the molecule is Cc1cc(F)cc(S(=O)(=O)c2ccc(CNC(=O)c3cc4cnccc4[nH]3)cc2)c1. The molecule has 152 valence electrons. The number of H-pyrrole nitrogens is 1. The lowest BCUT2D eigenvalue weighted by Gasteiger charge is -2.08. The van der Waals surface area contributed by atoms with E-state index >= 15 is 0 Å². The van der Waals surface area contributed by atoms with Crippen LogP contribution in [-0.2, 0) is 16.4 Å². The second-order valence-electron chi connectivity index (χ2n) is 6.94. The molecule has 30 heavy (non-hydrogen) atoms. The number of benzene rings is 2. The molecule has 0 bridgehead atoms. The summed E-state index contributed by atoms with van der Waals surface area (Å²) in [6.45, 7) is 1.86. The Kier molecular flexibility index (Phi) is 5.09. The molecule has 0 radical (unpaired) electrons. The van der Waals surface area contributed by atoms with Gasteiger partial charge in [0.25, 0.3) is 5.91 Å². The van der Waals surface area contributed by atoms with E-state index < -0.39 is 15.7 Å². The van der Waals surface area contributed by atoms with Gasteiger partial charge in [-0.1, -0.05) is 12.1 Å². The largest absolute Gasteiger partial charge is 0.350 e. The Balaban J connectivity index is 1.47. The molecule has 2 aromatic heterocycles. The molecule has 0 spiro atoms. The Morgan fingerprint density at radius 1 is 1.07 bits per heavy atom. The summed E-state index contributed by atoms with van der Waals surface area (Å²) < 4.78 is 39.1. The fourth-order valence-corrected chi connectivity index (χ4v) is 4.53. The number of rotatable bonds is 5. The Morgan fingerprint density at radius 2 is 1.83 bits per heavy atom. The van der Waals surface area contributed by atoms with Gasteiger partial charge >= 0.3 is 0 Å². The number of fused-ring (bicyclic) bond motifs is 1. The highest BCUT2D eigenvalue weighted by Gasteiger charge is 2.19. The molecule has 0 saturated carbocycles. The summed E-state index contributed by atoms with van der Waals surface area (Å²) >= 11 is 0. The molecule has 4 aromatic rings. The second kappa shape index (κ2) is 7.72. The summed E-state index contributed by atoms with van der Waals surface area (Å²) in [5.74, 6) is -0.876. The Morgan fingerprint density at radius 3 is 2.53 bits per heavy atom. The minimum absolute atomic E-state index is 0.0608. The lowest BCUT2D eigenvalue weighted by molar-refractivity contribution is 0.0946. The summed E-state index contributed by atoms with van der Waals surface area (Å²) in [4.78, 5) is 19.4. The molecule has 0 fully saturated rings. The van der Waals surface area contributed by atoms with Crippen molar-refractivity contribution in [2.24, 2.45) is 0 Å². The molecule has 0 atom stereocenters. The van der Waals surface area contributed by atoms with Gasteiger partial charge in [0, 0.05) is 29.8 Å². The van der Waals surface area contributed by atoms with E-state index in [1.165, 1.54) is 24.3 Å². The maximum atomic E-state index is 13.6. The number of aromatic amines is 1. The number of aromatic nitrogens is 2. The first kappa shape index (κ1) is 19.8. The number of hydrogen-bond acceptors (Lipinski definition) is 4. The highest BCUT2D eigenvalue weighted by molar-refractivity contribution is 7.91. The number of nitrogens with one attached hydrogen (secondary N) is 2. The molecule has 0 unspecified atom stereocenters. The Bertz CT molecular complexity index is 1290. The molecule has 0 saturated heterocycles. The number of halogens is 1. The predicted octanol–water partition coefficient (Wildman–Crippen LogP) is 3.77. The van der Waals surface area contributed by atoms with Gasteiger partial charge in [-0.2, -0.15) is 0 Å². The molecule has 1 amide bonds. The standard InChI is InChI=1S/C22H18FN3O3S/c1-14-8-17(23)11-19(9-14)30(28,29)18-4-2-15(3-5-18)12-25-22(27)21-10-16-13-24-7-6-20(16)26-21/h2-11,13,26H,12H2,1H3,(H,25,27). The maximum absolute atomic E-state index is 13.6. The molecule has 0 aliphatic rings. The van der Waals surface area contributed by atoms with Gasteiger partial charge in [0.1, 0.15) is 11.5 Å². The van der Waals surface area contributed by atoms with Crippen molar-refractivity contribution in [1.82, 2.24) is 15.3 Å². The van der Waals surface area contributed by atoms with Crippen LogP contribution in [0.1, 0.15) is 21.6 Å². The first-order valence-electron chi connectivity index (χ1n) is 9.15. The molecule has 2 aromatic carbocycles. The van der Waals surface area contributed by atoms with Crippen LogP contribution in [0.3, 0.4) is 0 Å². The third-order valence-electron chi connectivity index (χ3n) is 4.68. The normalized spacial score (nSPS) is 11.5. The minimum Gasteiger partial charge on any atom is -0.350 e. The zero-order valence-corrected chi connectivity index (χ0v) is 16.8. The predicted molar refractivity (Wildman–Crippen MR) is 110 cm³/mol.